The number of nitrogen functional groups attached to an aromatic ring is 1. The maximum atomic E-state index is 5.85. The van der Waals surface area contributed by atoms with Gasteiger partial charge in [0.15, 0.2) is 11.7 Å². The number of aliphatic imine (C=N–C) groups is 4. The lowest BCUT2D eigenvalue weighted by molar-refractivity contribution is 0.719. The van der Waals surface area contributed by atoms with Gasteiger partial charge in [-0.15, -0.1) is 0 Å². The topological polar surface area (TPSA) is 105 Å². The number of guanidine groups is 1. The number of anilines is 1. The maximum Gasteiger partial charge on any atom is 0.241 e. The minimum atomic E-state index is 0.463. The third kappa shape index (κ3) is 4.08. The monoisotopic (exact) mass is 387 g/mol. The van der Waals surface area contributed by atoms with E-state index in [9.17, 15) is 0 Å². The number of benzene rings is 1. The van der Waals surface area contributed by atoms with Gasteiger partial charge in [0.2, 0.25) is 5.96 Å². The molecule has 1 aromatic carbocycles. The number of hydrogen-bond acceptors (Lipinski definition) is 7. The molecule has 4 rings (SSSR count). The Morgan fingerprint density at radius 1 is 0.931 bits per heavy atom. The molecule has 0 saturated carbocycles. The van der Waals surface area contributed by atoms with Gasteiger partial charge in [-0.3, -0.25) is 0 Å². The largest absolute Gasteiger partial charge is 0.402 e. The molecule has 0 amide bonds. The molecule has 0 spiro atoms. The zero-order valence-electron chi connectivity index (χ0n) is 16.8. The molecular weight excluding hydrogens is 362 g/mol. The van der Waals surface area contributed by atoms with Crippen molar-refractivity contribution in [2.75, 3.05) is 5.73 Å². The van der Waals surface area contributed by atoms with Crippen LogP contribution < -0.4 is 11.5 Å². The minimum absolute atomic E-state index is 0.463. The number of nitrogens with zero attached hydrogens (tertiary/aromatic N) is 5. The van der Waals surface area contributed by atoms with Crippen LogP contribution in [-0.4, -0.2) is 28.4 Å². The third-order valence-corrected chi connectivity index (χ3v) is 4.37. The Balaban J connectivity index is 0.00000117. The summed E-state index contributed by atoms with van der Waals surface area (Å²) in [6.07, 6.45) is 7.05. The van der Waals surface area contributed by atoms with Gasteiger partial charge in [0, 0.05) is 16.9 Å². The second-order valence-electron chi connectivity index (χ2n) is 6.26. The molecule has 0 fully saturated rings. The molecule has 0 radical (unpaired) electrons. The van der Waals surface area contributed by atoms with Crippen LogP contribution in [0, 0.1) is 0 Å². The number of amidine groups is 3. The smallest absolute Gasteiger partial charge is 0.241 e. The Labute approximate surface area is 171 Å². The van der Waals surface area contributed by atoms with Gasteiger partial charge in [0.1, 0.15) is 11.7 Å². The van der Waals surface area contributed by atoms with Crippen molar-refractivity contribution in [2.45, 2.75) is 26.7 Å². The van der Waals surface area contributed by atoms with Crippen molar-refractivity contribution >= 4 is 29.2 Å². The van der Waals surface area contributed by atoms with E-state index in [2.05, 4.69) is 33.1 Å². The SMILES string of the molecule is C=CC1=NC(C2=CC=C(N)CC2)=NC2=NC(c3ccc(N)cc3)=NC(=C)N12.CC. The van der Waals surface area contributed by atoms with Gasteiger partial charge in [0.05, 0.1) is 0 Å². The molecule has 2 aliphatic heterocycles. The van der Waals surface area contributed by atoms with Crippen LogP contribution in [0.4, 0.5) is 5.69 Å². The lowest BCUT2D eigenvalue weighted by Crippen LogP contribution is -2.40. The molecule has 148 valence electrons. The first-order valence-corrected chi connectivity index (χ1v) is 9.53. The Kier molecular flexibility index (Phi) is 5.87. The van der Waals surface area contributed by atoms with Crippen molar-refractivity contribution in [2.24, 2.45) is 25.7 Å². The first-order chi connectivity index (χ1) is 14.0. The van der Waals surface area contributed by atoms with E-state index < -0.39 is 0 Å². The van der Waals surface area contributed by atoms with E-state index in [-0.39, 0.29) is 0 Å². The fourth-order valence-electron chi connectivity index (χ4n) is 2.93. The summed E-state index contributed by atoms with van der Waals surface area (Å²) in [7, 11) is 0. The van der Waals surface area contributed by atoms with E-state index in [0.29, 0.717) is 35.0 Å². The van der Waals surface area contributed by atoms with Gasteiger partial charge in [-0.25, -0.2) is 14.9 Å². The van der Waals surface area contributed by atoms with Gasteiger partial charge in [-0.2, -0.15) is 9.98 Å². The van der Waals surface area contributed by atoms with Gasteiger partial charge < -0.3 is 11.5 Å². The van der Waals surface area contributed by atoms with Crippen molar-refractivity contribution in [3.8, 4) is 0 Å². The molecule has 1 aromatic rings. The van der Waals surface area contributed by atoms with Gasteiger partial charge in [-0.05, 0) is 54.8 Å². The van der Waals surface area contributed by atoms with Crippen LogP contribution in [0.15, 0.2) is 92.7 Å². The molecule has 4 N–H and O–H groups in total. The highest BCUT2D eigenvalue weighted by Crippen LogP contribution is 2.24. The fourth-order valence-corrected chi connectivity index (χ4v) is 2.93. The Morgan fingerprint density at radius 3 is 2.28 bits per heavy atom. The molecule has 0 saturated heterocycles. The summed E-state index contributed by atoms with van der Waals surface area (Å²) in [5.74, 6) is 2.67. The molecule has 7 nitrogen and oxygen atoms in total. The molecule has 0 aromatic heterocycles. The number of allylic oxidation sites excluding steroid dienone is 3. The highest BCUT2D eigenvalue weighted by Gasteiger charge is 2.29. The van der Waals surface area contributed by atoms with Crippen molar-refractivity contribution in [3.05, 3.63) is 78.3 Å². The Hall–Kier alpha value is -3.74. The van der Waals surface area contributed by atoms with Gasteiger partial charge in [-0.1, -0.05) is 33.1 Å². The van der Waals surface area contributed by atoms with Crippen LogP contribution in [0.5, 0.6) is 0 Å². The summed E-state index contributed by atoms with van der Waals surface area (Å²) in [5, 5.41) is 0. The van der Waals surface area contributed by atoms with Crippen molar-refractivity contribution in [1.82, 2.24) is 4.90 Å². The maximum absolute atomic E-state index is 5.85. The van der Waals surface area contributed by atoms with Gasteiger partial charge >= 0.3 is 0 Å². The summed E-state index contributed by atoms with van der Waals surface area (Å²) >= 11 is 0. The van der Waals surface area contributed by atoms with Crippen LogP contribution in [0.25, 0.3) is 0 Å². The van der Waals surface area contributed by atoms with E-state index in [1.54, 1.807) is 11.0 Å². The second-order valence-corrected chi connectivity index (χ2v) is 6.26. The molecule has 3 aliphatic rings. The predicted octanol–water partition coefficient (Wildman–Crippen LogP) is 3.74. The van der Waals surface area contributed by atoms with E-state index in [0.717, 1.165) is 29.7 Å². The fraction of sp³-hybridized carbons (Fsp3) is 0.182. The van der Waals surface area contributed by atoms with Crippen LogP contribution in [0.3, 0.4) is 0 Å². The lowest BCUT2D eigenvalue weighted by atomic mass is 10.0. The molecule has 29 heavy (non-hydrogen) atoms. The third-order valence-electron chi connectivity index (χ3n) is 4.37. The zero-order valence-corrected chi connectivity index (χ0v) is 16.8. The number of fused-ring (bicyclic) bond motifs is 1. The summed E-state index contributed by atoms with van der Waals surface area (Å²) in [4.78, 5) is 20.0. The highest BCUT2D eigenvalue weighted by molar-refractivity contribution is 6.24. The molecular formula is C22H25N7. The van der Waals surface area contributed by atoms with Crippen LogP contribution in [-0.2, 0) is 0 Å². The summed E-state index contributed by atoms with van der Waals surface area (Å²) in [6, 6.07) is 7.36. The van der Waals surface area contributed by atoms with Crippen molar-refractivity contribution < 1.29 is 0 Å². The summed E-state index contributed by atoms with van der Waals surface area (Å²) in [6.45, 7) is 11.9. The normalized spacial score (nSPS) is 18.0. The van der Waals surface area contributed by atoms with Crippen LogP contribution in [0.1, 0.15) is 32.3 Å². The molecule has 7 heteroatoms. The van der Waals surface area contributed by atoms with E-state index >= 15 is 0 Å². The molecule has 2 heterocycles. The highest BCUT2D eigenvalue weighted by atomic mass is 15.4. The zero-order chi connectivity index (χ0) is 21.0. The molecule has 0 atom stereocenters. The second kappa shape index (κ2) is 8.52. The van der Waals surface area contributed by atoms with E-state index in [4.69, 9.17) is 11.5 Å². The number of rotatable bonds is 3. The average molecular weight is 387 g/mol. The standard InChI is InChI=1S/C20H19N7.C2H6/c1-3-17-24-19(14-6-10-16(22)11-7-14)26-20-25-18(23-12(2)27(17)20)13-4-8-15(21)9-5-13;1-2/h3-6,8-10H,1-2,7,11,21-22H2;1-2H3. The quantitative estimate of drug-likeness (QED) is 0.772. The van der Waals surface area contributed by atoms with Crippen molar-refractivity contribution in [1.29, 1.82) is 0 Å². The van der Waals surface area contributed by atoms with Crippen molar-refractivity contribution in [3.63, 3.8) is 0 Å². The predicted molar refractivity (Wildman–Crippen MR) is 122 cm³/mol. The minimum Gasteiger partial charge on any atom is -0.402 e. The van der Waals surface area contributed by atoms with Gasteiger partial charge in [0.25, 0.3) is 0 Å². The number of hydrogen-bond donors (Lipinski definition) is 2. The molecule has 0 unspecified atom stereocenters. The first-order valence-electron chi connectivity index (χ1n) is 9.53. The lowest BCUT2D eigenvalue weighted by Gasteiger charge is -2.29. The molecule has 0 bridgehead atoms. The van der Waals surface area contributed by atoms with E-state index in [1.807, 2.05) is 50.3 Å². The number of nitrogens with two attached hydrogens (primary N) is 2. The summed E-state index contributed by atoms with van der Waals surface area (Å²) in [5.41, 5.74) is 15.0. The van der Waals surface area contributed by atoms with E-state index in [1.165, 1.54) is 0 Å². The Morgan fingerprint density at radius 2 is 1.66 bits per heavy atom. The van der Waals surface area contributed by atoms with Crippen LogP contribution >= 0.6 is 0 Å². The summed E-state index contributed by atoms with van der Waals surface area (Å²) < 4.78 is 0. The van der Waals surface area contributed by atoms with Crippen LogP contribution in [0.2, 0.25) is 0 Å². The Bertz CT molecular complexity index is 1020. The first kappa shape index (κ1) is 20.0. The average Bonchev–Trinajstić information content (AvgIpc) is 2.75. The molecule has 1 aliphatic carbocycles.